The number of hydrogen-bond donors (Lipinski definition) is 2. The van der Waals surface area contributed by atoms with E-state index in [1.807, 2.05) is 0 Å². The Morgan fingerprint density at radius 2 is 2.16 bits per heavy atom. The van der Waals surface area contributed by atoms with Gasteiger partial charge in [0.1, 0.15) is 0 Å². The van der Waals surface area contributed by atoms with E-state index in [0.717, 1.165) is 0 Å². The van der Waals surface area contributed by atoms with Crippen molar-refractivity contribution in [2.24, 2.45) is 0 Å². The number of nitrogens with one attached hydrogen (secondary N) is 1. The second kappa shape index (κ2) is 4.96. The molecule has 2 rings (SSSR count). The van der Waals surface area contributed by atoms with Crippen LogP contribution in [0.15, 0.2) is 22.7 Å². The second-order valence-corrected chi connectivity index (χ2v) is 7.93. The lowest BCUT2D eigenvalue weighted by atomic mass is 9.99. The van der Waals surface area contributed by atoms with Crippen LogP contribution in [-0.2, 0) is 14.6 Å². The molecule has 0 spiro atoms. The third-order valence-electron chi connectivity index (χ3n) is 3.02. The van der Waals surface area contributed by atoms with Gasteiger partial charge in [-0.2, -0.15) is 0 Å². The zero-order chi connectivity index (χ0) is 14.3. The highest BCUT2D eigenvalue weighted by Gasteiger charge is 2.48. The van der Waals surface area contributed by atoms with Gasteiger partial charge in [-0.1, -0.05) is 11.6 Å². The van der Waals surface area contributed by atoms with Gasteiger partial charge in [0.2, 0.25) is 0 Å². The fourth-order valence-corrected chi connectivity index (χ4v) is 4.41. The molecule has 0 aromatic heterocycles. The summed E-state index contributed by atoms with van der Waals surface area (Å²) in [4.78, 5) is 11.4. The minimum atomic E-state index is -3.32. The Morgan fingerprint density at radius 1 is 1.47 bits per heavy atom. The normalized spacial score (nSPS) is 25.2. The summed E-state index contributed by atoms with van der Waals surface area (Å²) < 4.78 is 23.7. The van der Waals surface area contributed by atoms with Crippen LogP contribution in [0.25, 0.3) is 0 Å². The smallest absolute Gasteiger partial charge is 0.330 e. The lowest BCUT2D eigenvalue weighted by Crippen LogP contribution is -2.47. The molecular weight excluding hydrogens is 358 g/mol. The molecule has 1 unspecified atom stereocenters. The van der Waals surface area contributed by atoms with Crippen molar-refractivity contribution in [1.29, 1.82) is 0 Å². The van der Waals surface area contributed by atoms with E-state index in [4.69, 9.17) is 11.6 Å². The Bertz CT molecular complexity index is 634. The average molecular weight is 369 g/mol. The van der Waals surface area contributed by atoms with Gasteiger partial charge in [0, 0.05) is 10.2 Å². The highest BCUT2D eigenvalue weighted by atomic mass is 79.9. The van der Waals surface area contributed by atoms with Gasteiger partial charge in [0.05, 0.1) is 16.5 Å². The zero-order valence-electron chi connectivity index (χ0n) is 9.69. The van der Waals surface area contributed by atoms with Gasteiger partial charge in [-0.25, -0.2) is 13.2 Å². The number of carbonyl (C=O) groups is 1. The standard InChI is InChI=1S/C11H11BrClNO4S/c12-8-5-7(1-2-9(8)13)14-11(10(15)16)3-4-19(17,18)6-11/h1-2,5,14H,3-4,6H2,(H,15,16). The first-order valence-corrected chi connectivity index (χ1v) is 8.40. The maximum absolute atomic E-state index is 11.5. The summed E-state index contributed by atoms with van der Waals surface area (Å²) in [6.45, 7) is 0. The molecule has 1 aliphatic rings. The molecule has 1 aromatic carbocycles. The van der Waals surface area contributed by atoms with Crippen LogP contribution >= 0.6 is 27.5 Å². The number of hydrogen-bond acceptors (Lipinski definition) is 4. The summed E-state index contributed by atoms with van der Waals surface area (Å²) in [5, 5.41) is 12.6. The Kier molecular flexibility index (Phi) is 3.81. The van der Waals surface area contributed by atoms with E-state index in [1.165, 1.54) is 0 Å². The topological polar surface area (TPSA) is 83.5 Å². The predicted molar refractivity (Wildman–Crippen MR) is 76.4 cm³/mol. The lowest BCUT2D eigenvalue weighted by molar-refractivity contribution is -0.141. The predicted octanol–water partition coefficient (Wildman–Crippen LogP) is 2.16. The van der Waals surface area contributed by atoms with Crippen LogP contribution < -0.4 is 5.32 Å². The Balaban J connectivity index is 2.32. The molecule has 5 nitrogen and oxygen atoms in total. The molecule has 1 fully saturated rings. The Hall–Kier alpha value is -0.790. The second-order valence-electron chi connectivity index (χ2n) is 4.48. The maximum Gasteiger partial charge on any atom is 0.330 e. The number of carboxylic acid groups (broad SMARTS) is 1. The van der Waals surface area contributed by atoms with Gasteiger partial charge < -0.3 is 10.4 Å². The molecule has 1 aromatic rings. The van der Waals surface area contributed by atoms with Crippen molar-refractivity contribution in [2.45, 2.75) is 12.0 Å². The van der Waals surface area contributed by atoms with Gasteiger partial charge in [-0.15, -0.1) is 0 Å². The highest BCUT2D eigenvalue weighted by Crippen LogP contribution is 2.31. The van der Waals surface area contributed by atoms with Crippen LogP contribution in [-0.4, -0.2) is 36.5 Å². The van der Waals surface area contributed by atoms with Gasteiger partial charge in [0.15, 0.2) is 15.4 Å². The Morgan fingerprint density at radius 3 is 2.63 bits per heavy atom. The number of aliphatic carboxylic acids is 1. The third-order valence-corrected chi connectivity index (χ3v) is 5.99. The summed E-state index contributed by atoms with van der Waals surface area (Å²) in [5.74, 6) is -1.70. The summed E-state index contributed by atoms with van der Waals surface area (Å²) >= 11 is 9.09. The molecule has 1 atom stereocenters. The van der Waals surface area contributed by atoms with Gasteiger partial charge in [-0.05, 0) is 40.5 Å². The van der Waals surface area contributed by atoms with Gasteiger partial charge in [0.25, 0.3) is 0 Å². The number of halogens is 2. The summed E-state index contributed by atoms with van der Waals surface area (Å²) in [7, 11) is -3.32. The first-order chi connectivity index (χ1) is 8.74. The molecule has 1 aliphatic heterocycles. The van der Waals surface area contributed by atoms with Crippen molar-refractivity contribution in [3.05, 3.63) is 27.7 Å². The van der Waals surface area contributed by atoms with Crippen LogP contribution in [0.2, 0.25) is 5.02 Å². The van der Waals surface area contributed by atoms with Gasteiger partial charge in [-0.3, -0.25) is 0 Å². The zero-order valence-corrected chi connectivity index (χ0v) is 12.8. The number of rotatable bonds is 3. The maximum atomic E-state index is 11.5. The van der Waals surface area contributed by atoms with E-state index >= 15 is 0 Å². The van der Waals surface area contributed by atoms with E-state index in [2.05, 4.69) is 21.2 Å². The number of carboxylic acids is 1. The molecule has 1 heterocycles. The van der Waals surface area contributed by atoms with Crippen molar-refractivity contribution in [3.63, 3.8) is 0 Å². The molecule has 8 heteroatoms. The van der Waals surface area contributed by atoms with E-state index in [9.17, 15) is 18.3 Å². The van der Waals surface area contributed by atoms with Crippen molar-refractivity contribution in [1.82, 2.24) is 0 Å². The fraction of sp³-hybridized carbons (Fsp3) is 0.364. The fourth-order valence-electron chi connectivity index (χ4n) is 2.02. The van der Waals surface area contributed by atoms with Gasteiger partial charge >= 0.3 is 5.97 Å². The number of benzene rings is 1. The van der Waals surface area contributed by atoms with E-state index < -0.39 is 27.1 Å². The van der Waals surface area contributed by atoms with Crippen molar-refractivity contribution >= 4 is 49.0 Å². The van der Waals surface area contributed by atoms with E-state index in [1.54, 1.807) is 18.2 Å². The van der Waals surface area contributed by atoms with Crippen molar-refractivity contribution in [3.8, 4) is 0 Å². The van der Waals surface area contributed by atoms with Crippen LogP contribution in [0.3, 0.4) is 0 Å². The molecule has 1 saturated heterocycles. The molecule has 2 N–H and O–H groups in total. The summed E-state index contributed by atoms with van der Waals surface area (Å²) in [6, 6.07) is 4.84. The van der Waals surface area contributed by atoms with Crippen molar-refractivity contribution in [2.75, 3.05) is 16.8 Å². The molecule has 0 bridgehead atoms. The monoisotopic (exact) mass is 367 g/mol. The van der Waals surface area contributed by atoms with E-state index in [0.29, 0.717) is 15.2 Å². The van der Waals surface area contributed by atoms with Crippen LogP contribution in [0.1, 0.15) is 6.42 Å². The third kappa shape index (κ3) is 3.04. The largest absolute Gasteiger partial charge is 0.479 e. The SMILES string of the molecule is O=C(O)C1(Nc2ccc(Cl)c(Br)c2)CCS(=O)(=O)C1. The van der Waals surface area contributed by atoms with Crippen LogP contribution in [0.5, 0.6) is 0 Å². The molecule has 0 radical (unpaired) electrons. The quantitative estimate of drug-likeness (QED) is 0.854. The van der Waals surface area contributed by atoms with Crippen LogP contribution in [0, 0.1) is 0 Å². The lowest BCUT2D eigenvalue weighted by Gasteiger charge is -2.25. The number of anilines is 1. The molecular formula is C11H11BrClNO4S. The highest BCUT2D eigenvalue weighted by molar-refractivity contribution is 9.10. The number of sulfone groups is 1. The molecule has 19 heavy (non-hydrogen) atoms. The molecule has 104 valence electrons. The van der Waals surface area contributed by atoms with E-state index in [-0.39, 0.29) is 12.2 Å². The Labute approximate surface area is 124 Å². The first-order valence-electron chi connectivity index (χ1n) is 5.41. The minimum Gasteiger partial charge on any atom is -0.479 e. The first kappa shape index (κ1) is 14.6. The van der Waals surface area contributed by atoms with Crippen LogP contribution in [0.4, 0.5) is 5.69 Å². The summed E-state index contributed by atoms with van der Waals surface area (Å²) in [5.41, 5.74) is -0.956. The summed E-state index contributed by atoms with van der Waals surface area (Å²) in [6.07, 6.45) is 0.0465. The minimum absolute atomic E-state index is 0.0465. The van der Waals surface area contributed by atoms with Crippen molar-refractivity contribution < 1.29 is 18.3 Å². The average Bonchev–Trinajstić information content (AvgIpc) is 2.61. The molecule has 0 aliphatic carbocycles. The molecule has 0 saturated carbocycles. The molecule has 0 amide bonds.